The number of aromatic amines is 1. The quantitative estimate of drug-likeness (QED) is 0.621. The number of amides is 1. The van der Waals surface area contributed by atoms with Crippen LogP contribution in [0.4, 0.5) is 0 Å². The highest BCUT2D eigenvalue weighted by Crippen LogP contribution is 2.20. The molecule has 1 rings (SSSR count). The lowest BCUT2D eigenvalue weighted by Gasteiger charge is -2.18. The summed E-state index contributed by atoms with van der Waals surface area (Å²) in [6.07, 6.45) is 5.76. The summed E-state index contributed by atoms with van der Waals surface area (Å²) in [6, 6.07) is 0. The summed E-state index contributed by atoms with van der Waals surface area (Å²) in [6.45, 7) is 10.6. The number of unbranched alkanes of at least 4 members (excludes halogenated alkanes) is 1. The van der Waals surface area contributed by atoms with Crippen LogP contribution in [-0.2, 0) is 22.6 Å². The second-order valence-electron chi connectivity index (χ2n) is 7.29. The third-order valence-electron chi connectivity index (χ3n) is 3.93. The van der Waals surface area contributed by atoms with Crippen LogP contribution in [0, 0.1) is 17.8 Å². The fourth-order valence-electron chi connectivity index (χ4n) is 2.46. The molecule has 0 aliphatic carbocycles. The third kappa shape index (κ3) is 8.56. The van der Waals surface area contributed by atoms with Crippen molar-refractivity contribution in [1.82, 2.24) is 15.3 Å². The van der Waals surface area contributed by atoms with Crippen LogP contribution in [0.5, 0.6) is 0 Å². The Morgan fingerprint density at radius 1 is 1.28 bits per heavy atom. The van der Waals surface area contributed by atoms with Gasteiger partial charge in [-0.25, -0.2) is 4.98 Å². The maximum atomic E-state index is 12.5. The predicted octanol–water partition coefficient (Wildman–Crippen LogP) is 3.95. The minimum absolute atomic E-state index is 0.000652. The molecular weight excluding hydrogens is 334 g/mol. The normalized spacial score (nSPS) is 12.6. The van der Waals surface area contributed by atoms with Gasteiger partial charge in [-0.05, 0) is 18.8 Å². The fraction of sp³-hybridized carbons (Fsp3) is 0.737. The van der Waals surface area contributed by atoms with E-state index in [1.807, 2.05) is 13.8 Å². The van der Waals surface area contributed by atoms with Crippen molar-refractivity contribution < 1.29 is 9.59 Å². The monoisotopic (exact) mass is 367 g/mol. The van der Waals surface area contributed by atoms with E-state index in [-0.39, 0.29) is 22.9 Å². The van der Waals surface area contributed by atoms with E-state index in [1.165, 1.54) is 11.8 Å². The second-order valence-corrected chi connectivity index (χ2v) is 8.31. The molecule has 1 heterocycles. The molecule has 0 fully saturated rings. The number of imidazole rings is 1. The first-order chi connectivity index (χ1) is 11.8. The molecule has 0 aliphatic rings. The molecule has 1 aromatic rings. The van der Waals surface area contributed by atoms with Crippen LogP contribution >= 0.6 is 11.8 Å². The molecule has 2 N–H and O–H groups in total. The molecule has 0 aliphatic heterocycles. The zero-order valence-corrected chi connectivity index (χ0v) is 17.0. The molecule has 1 amide bonds. The van der Waals surface area contributed by atoms with Crippen LogP contribution in [-0.4, -0.2) is 26.7 Å². The van der Waals surface area contributed by atoms with Crippen molar-refractivity contribution in [2.45, 2.75) is 66.8 Å². The number of aryl methyl sites for hydroxylation is 1. The zero-order valence-electron chi connectivity index (χ0n) is 16.2. The minimum atomic E-state index is -0.143. The van der Waals surface area contributed by atoms with Gasteiger partial charge in [0.1, 0.15) is 5.82 Å². The molecule has 25 heavy (non-hydrogen) atoms. The van der Waals surface area contributed by atoms with Gasteiger partial charge >= 0.3 is 0 Å². The van der Waals surface area contributed by atoms with Crippen LogP contribution in [0.15, 0.2) is 6.20 Å². The van der Waals surface area contributed by atoms with Crippen molar-refractivity contribution in [3.8, 4) is 0 Å². The van der Waals surface area contributed by atoms with Gasteiger partial charge in [-0.15, -0.1) is 0 Å². The molecule has 0 saturated heterocycles. The summed E-state index contributed by atoms with van der Waals surface area (Å²) in [5.41, 5.74) is 0.925. The van der Waals surface area contributed by atoms with E-state index >= 15 is 0 Å². The minimum Gasteiger partial charge on any atom is -0.350 e. The highest BCUT2D eigenvalue weighted by atomic mass is 32.2. The summed E-state index contributed by atoms with van der Waals surface area (Å²) < 4.78 is 0. The van der Waals surface area contributed by atoms with Crippen LogP contribution < -0.4 is 5.32 Å². The first kappa shape index (κ1) is 21.7. The van der Waals surface area contributed by atoms with Crippen molar-refractivity contribution in [3.05, 3.63) is 17.7 Å². The van der Waals surface area contributed by atoms with Crippen LogP contribution in [0.25, 0.3) is 0 Å². The van der Waals surface area contributed by atoms with Gasteiger partial charge in [0.05, 0.1) is 18.4 Å². The Morgan fingerprint density at radius 2 is 2.00 bits per heavy atom. The molecule has 0 radical (unpaired) electrons. The van der Waals surface area contributed by atoms with E-state index < -0.39 is 0 Å². The second kappa shape index (κ2) is 11.3. The predicted molar refractivity (Wildman–Crippen MR) is 104 cm³/mol. The summed E-state index contributed by atoms with van der Waals surface area (Å²) in [7, 11) is 0. The zero-order chi connectivity index (χ0) is 18.8. The van der Waals surface area contributed by atoms with E-state index in [0.29, 0.717) is 18.2 Å². The number of carbonyl (C=O) groups is 2. The van der Waals surface area contributed by atoms with E-state index in [1.54, 1.807) is 6.20 Å². The average Bonchev–Trinajstić information content (AvgIpc) is 3.01. The van der Waals surface area contributed by atoms with Crippen molar-refractivity contribution >= 4 is 22.8 Å². The highest BCUT2D eigenvalue weighted by Gasteiger charge is 2.22. The molecule has 6 heteroatoms. The molecular formula is C19H33N3O2S. The van der Waals surface area contributed by atoms with Crippen molar-refractivity contribution in [3.63, 3.8) is 0 Å². The number of nitrogens with one attached hydrogen (secondary N) is 2. The number of hydrogen-bond donors (Lipinski definition) is 2. The van der Waals surface area contributed by atoms with E-state index in [9.17, 15) is 9.59 Å². The smallest absolute Gasteiger partial charge is 0.224 e. The van der Waals surface area contributed by atoms with Crippen molar-refractivity contribution in [1.29, 1.82) is 0 Å². The molecule has 142 valence electrons. The maximum absolute atomic E-state index is 12.5. The average molecular weight is 368 g/mol. The molecule has 1 aromatic heterocycles. The number of rotatable bonds is 11. The van der Waals surface area contributed by atoms with E-state index in [2.05, 4.69) is 36.1 Å². The Balaban J connectivity index is 2.53. The first-order valence-corrected chi connectivity index (χ1v) is 10.3. The van der Waals surface area contributed by atoms with Gasteiger partial charge in [-0.2, -0.15) is 0 Å². The Labute approximate surface area is 156 Å². The number of nitrogens with zero attached hydrogens (tertiary/aromatic N) is 1. The van der Waals surface area contributed by atoms with Gasteiger partial charge in [0.25, 0.3) is 0 Å². The van der Waals surface area contributed by atoms with Crippen molar-refractivity contribution in [2.75, 3.05) is 5.75 Å². The van der Waals surface area contributed by atoms with Gasteiger partial charge < -0.3 is 10.3 Å². The Hall–Kier alpha value is -1.30. The first-order valence-electron chi connectivity index (χ1n) is 9.30. The van der Waals surface area contributed by atoms with E-state index in [4.69, 9.17) is 0 Å². The topological polar surface area (TPSA) is 74.8 Å². The van der Waals surface area contributed by atoms with Gasteiger partial charge in [-0.3, -0.25) is 9.59 Å². The molecule has 1 atom stereocenters. The Bertz CT molecular complexity index is 541. The van der Waals surface area contributed by atoms with Gasteiger partial charge in [0, 0.05) is 24.0 Å². The van der Waals surface area contributed by atoms with Crippen LogP contribution in [0.2, 0.25) is 0 Å². The number of H-pyrrole nitrogens is 1. The summed E-state index contributed by atoms with van der Waals surface area (Å²) in [4.78, 5) is 32.0. The summed E-state index contributed by atoms with van der Waals surface area (Å²) in [5, 5.41) is 3.14. The van der Waals surface area contributed by atoms with Crippen LogP contribution in [0.1, 0.15) is 65.4 Å². The number of carbonyl (C=O) groups excluding carboxylic acids is 2. The van der Waals surface area contributed by atoms with Crippen LogP contribution in [0.3, 0.4) is 0 Å². The molecule has 0 aromatic carbocycles. The largest absolute Gasteiger partial charge is 0.350 e. The maximum Gasteiger partial charge on any atom is 0.224 e. The molecule has 0 bridgehead atoms. The van der Waals surface area contributed by atoms with Gasteiger partial charge in [0.15, 0.2) is 5.12 Å². The summed E-state index contributed by atoms with van der Waals surface area (Å²) >= 11 is 1.28. The van der Waals surface area contributed by atoms with Crippen molar-refractivity contribution in [2.24, 2.45) is 17.8 Å². The van der Waals surface area contributed by atoms with E-state index in [0.717, 1.165) is 37.2 Å². The Morgan fingerprint density at radius 3 is 2.60 bits per heavy atom. The lowest BCUT2D eigenvalue weighted by molar-refractivity contribution is -0.124. The van der Waals surface area contributed by atoms with Gasteiger partial charge in [0.2, 0.25) is 5.91 Å². The molecule has 5 nitrogen and oxygen atoms in total. The number of aromatic nitrogens is 2. The standard InChI is InChI=1S/C19H33N3O2S/c1-6-7-8-17-20-10-16(22-17)11-21-18(23)15(9-13(2)3)12-25-19(24)14(4)5/h10,13-15H,6-9,11-12H2,1-5H3,(H,20,22)(H,21,23). The third-order valence-corrected chi connectivity index (χ3v) is 5.25. The molecule has 0 saturated carbocycles. The lowest BCUT2D eigenvalue weighted by Crippen LogP contribution is -2.33. The summed E-state index contributed by atoms with van der Waals surface area (Å²) in [5.74, 6) is 1.81. The lowest BCUT2D eigenvalue weighted by atomic mass is 9.98. The SMILES string of the molecule is CCCCc1ncc(CNC(=O)C(CSC(=O)C(C)C)CC(C)C)[nH]1. The highest BCUT2D eigenvalue weighted by molar-refractivity contribution is 8.13. The fourth-order valence-corrected chi connectivity index (χ4v) is 3.45. The number of thioether (sulfide) groups is 1. The van der Waals surface area contributed by atoms with Gasteiger partial charge in [-0.1, -0.05) is 52.8 Å². The Kier molecular flexibility index (Phi) is 9.86. The molecule has 1 unspecified atom stereocenters. The molecule has 0 spiro atoms. The number of hydrogen-bond acceptors (Lipinski definition) is 4.